The van der Waals surface area contributed by atoms with Crippen LogP contribution in [0.25, 0.3) is 11.7 Å². The number of nitrogens with one attached hydrogen (secondary N) is 1. The molecule has 0 bridgehead atoms. The quantitative estimate of drug-likeness (QED) is 0.378. The second-order valence-electron chi connectivity index (χ2n) is 7.24. The first-order valence-corrected chi connectivity index (χ1v) is 11.2. The summed E-state index contributed by atoms with van der Waals surface area (Å²) in [5, 5.41) is 3.24. The Balaban J connectivity index is 1.98. The Labute approximate surface area is 185 Å². The number of fused-ring (bicyclic) bond motifs is 1. The summed E-state index contributed by atoms with van der Waals surface area (Å²) < 4.78 is 7.58. The van der Waals surface area contributed by atoms with Gasteiger partial charge in [-0.2, -0.15) is 0 Å². The van der Waals surface area contributed by atoms with Crippen molar-refractivity contribution < 1.29 is 9.53 Å². The molecule has 1 aliphatic heterocycles. The van der Waals surface area contributed by atoms with Gasteiger partial charge in [0.05, 0.1) is 16.6 Å². The molecule has 0 radical (unpaired) electrons. The Morgan fingerprint density at radius 1 is 1.33 bits per heavy atom. The molecular formula is C21H26N4O3S2. The van der Waals surface area contributed by atoms with E-state index in [9.17, 15) is 9.59 Å². The van der Waals surface area contributed by atoms with Crippen LogP contribution < -0.4 is 10.9 Å². The van der Waals surface area contributed by atoms with E-state index < -0.39 is 0 Å². The van der Waals surface area contributed by atoms with Crippen molar-refractivity contribution in [2.24, 2.45) is 0 Å². The van der Waals surface area contributed by atoms with Crippen molar-refractivity contribution in [1.29, 1.82) is 0 Å². The van der Waals surface area contributed by atoms with Crippen LogP contribution in [0.5, 0.6) is 0 Å². The minimum absolute atomic E-state index is 0.174. The number of amides is 1. The molecule has 0 unspecified atom stereocenters. The minimum Gasteiger partial charge on any atom is -0.379 e. The lowest BCUT2D eigenvalue weighted by molar-refractivity contribution is -0.121. The molecule has 7 nitrogen and oxygen atoms in total. The van der Waals surface area contributed by atoms with Gasteiger partial charge in [0, 0.05) is 25.9 Å². The Kier molecular flexibility index (Phi) is 7.27. The first-order chi connectivity index (χ1) is 14.3. The van der Waals surface area contributed by atoms with Gasteiger partial charge in [0.1, 0.15) is 15.8 Å². The van der Waals surface area contributed by atoms with Crippen LogP contribution in [0.4, 0.5) is 5.82 Å². The van der Waals surface area contributed by atoms with Crippen LogP contribution in [0.1, 0.15) is 38.3 Å². The number of aryl methyl sites for hydroxylation is 1. The fraction of sp³-hybridized carbons (Fsp3) is 0.429. The van der Waals surface area contributed by atoms with Gasteiger partial charge in [-0.3, -0.25) is 18.9 Å². The van der Waals surface area contributed by atoms with Crippen molar-refractivity contribution in [2.45, 2.75) is 40.2 Å². The van der Waals surface area contributed by atoms with Crippen LogP contribution >= 0.6 is 24.0 Å². The lowest BCUT2D eigenvalue weighted by Gasteiger charge is -2.12. The topological polar surface area (TPSA) is 75.9 Å². The number of thiocarbonyl (C=S) groups is 1. The Hall–Kier alpha value is -2.23. The van der Waals surface area contributed by atoms with Gasteiger partial charge in [-0.05, 0) is 51.8 Å². The normalized spacial score (nSPS) is 15.8. The lowest BCUT2D eigenvalue weighted by Crippen LogP contribution is -2.27. The van der Waals surface area contributed by atoms with Crippen LogP contribution in [-0.4, -0.2) is 50.3 Å². The lowest BCUT2D eigenvalue weighted by atomic mass is 10.2. The summed E-state index contributed by atoms with van der Waals surface area (Å²) in [5.41, 5.74) is 1.61. The monoisotopic (exact) mass is 446 g/mol. The van der Waals surface area contributed by atoms with Gasteiger partial charge in [0.15, 0.2) is 0 Å². The van der Waals surface area contributed by atoms with Gasteiger partial charge in [-0.25, -0.2) is 4.98 Å². The molecule has 0 aromatic carbocycles. The van der Waals surface area contributed by atoms with Gasteiger partial charge < -0.3 is 10.1 Å². The molecular weight excluding hydrogens is 420 g/mol. The highest BCUT2D eigenvalue weighted by molar-refractivity contribution is 8.26. The van der Waals surface area contributed by atoms with E-state index in [4.69, 9.17) is 17.0 Å². The molecule has 1 aliphatic rings. The zero-order chi connectivity index (χ0) is 21.8. The number of carbonyl (C=O) groups excluding carboxylic acids is 1. The third-order valence-corrected chi connectivity index (χ3v) is 5.91. The highest BCUT2D eigenvalue weighted by Crippen LogP contribution is 2.32. The average Bonchev–Trinajstić information content (AvgIpc) is 2.97. The Morgan fingerprint density at radius 3 is 2.77 bits per heavy atom. The van der Waals surface area contributed by atoms with Gasteiger partial charge in [0.2, 0.25) is 0 Å². The minimum atomic E-state index is -0.230. The molecule has 3 heterocycles. The second-order valence-corrected chi connectivity index (χ2v) is 8.92. The van der Waals surface area contributed by atoms with E-state index in [-0.39, 0.29) is 17.6 Å². The van der Waals surface area contributed by atoms with E-state index in [2.05, 4.69) is 10.3 Å². The number of nitrogens with zero attached hydrogens (tertiary/aromatic N) is 3. The first-order valence-electron chi connectivity index (χ1n) is 9.95. The van der Waals surface area contributed by atoms with Crippen LogP contribution in [0, 0.1) is 6.92 Å². The summed E-state index contributed by atoms with van der Waals surface area (Å²) in [7, 11) is 0. The maximum absolute atomic E-state index is 13.3. The molecule has 0 spiro atoms. The molecule has 9 heteroatoms. The summed E-state index contributed by atoms with van der Waals surface area (Å²) >= 11 is 6.50. The maximum atomic E-state index is 13.3. The molecule has 0 aliphatic carbocycles. The molecule has 2 aromatic rings. The number of anilines is 1. The van der Waals surface area contributed by atoms with Crippen LogP contribution in [-0.2, 0) is 9.53 Å². The number of aromatic nitrogens is 2. The molecule has 1 N–H and O–H groups in total. The molecule has 30 heavy (non-hydrogen) atoms. The fourth-order valence-electron chi connectivity index (χ4n) is 3.03. The number of carbonyl (C=O) groups is 1. The van der Waals surface area contributed by atoms with E-state index in [1.165, 1.54) is 21.1 Å². The van der Waals surface area contributed by atoms with E-state index in [0.29, 0.717) is 46.0 Å². The molecule has 1 fully saturated rings. The summed E-state index contributed by atoms with van der Waals surface area (Å²) in [4.78, 5) is 32.5. The molecule has 1 saturated heterocycles. The molecule has 3 rings (SSSR count). The van der Waals surface area contributed by atoms with Gasteiger partial charge in [-0.15, -0.1) is 0 Å². The van der Waals surface area contributed by atoms with Crippen molar-refractivity contribution in [3.63, 3.8) is 0 Å². The van der Waals surface area contributed by atoms with E-state index in [1.54, 1.807) is 12.3 Å². The van der Waals surface area contributed by atoms with Gasteiger partial charge in [-0.1, -0.05) is 30.0 Å². The van der Waals surface area contributed by atoms with Crippen molar-refractivity contribution in [2.75, 3.05) is 25.0 Å². The number of hydrogen-bond donors (Lipinski definition) is 1. The Bertz CT molecular complexity index is 1060. The number of pyridine rings is 1. The van der Waals surface area contributed by atoms with Crippen molar-refractivity contribution in [3.8, 4) is 0 Å². The zero-order valence-corrected chi connectivity index (χ0v) is 19.2. The summed E-state index contributed by atoms with van der Waals surface area (Å²) in [6.45, 7) is 9.47. The number of ether oxygens (including phenoxy) is 1. The fourth-order valence-corrected chi connectivity index (χ4v) is 4.39. The Morgan fingerprint density at radius 2 is 2.10 bits per heavy atom. The molecule has 0 saturated carbocycles. The molecule has 1 amide bonds. The van der Waals surface area contributed by atoms with Crippen LogP contribution in [0.15, 0.2) is 28.0 Å². The van der Waals surface area contributed by atoms with Crippen molar-refractivity contribution in [1.82, 2.24) is 14.3 Å². The number of hydrogen-bond acceptors (Lipinski definition) is 7. The van der Waals surface area contributed by atoms with Gasteiger partial charge >= 0.3 is 0 Å². The maximum Gasteiger partial charge on any atom is 0.267 e. The predicted molar refractivity (Wildman–Crippen MR) is 126 cm³/mol. The van der Waals surface area contributed by atoms with Crippen LogP contribution in [0.3, 0.4) is 0 Å². The SMILES string of the molecule is CCN1C(=O)/C(=C/c2c(NCCCOC(C)C)nc3ccc(C)cn3c2=O)SC1=S. The van der Waals surface area contributed by atoms with E-state index in [0.717, 1.165) is 12.0 Å². The predicted octanol–water partition coefficient (Wildman–Crippen LogP) is 3.45. The zero-order valence-electron chi connectivity index (χ0n) is 17.6. The number of thioether (sulfide) groups is 1. The average molecular weight is 447 g/mol. The smallest absolute Gasteiger partial charge is 0.267 e. The number of rotatable bonds is 8. The standard InChI is InChI=1S/C21H26N4O3S2/c1-5-24-20(27)16(30-21(24)29)11-15-18(22-9-6-10-28-13(2)3)23-17-8-7-14(4)12-25(17)19(15)26/h7-8,11-13,22H,5-6,9-10H2,1-4H3/b16-11-. The first kappa shape index (κ1) is 22.5. The van der Waals surface area contributed by atoms with E-state index >= 15 is 0 Å². The van der Waals surface area contributed by atoms with Gasteiger partial charge in [0.25, 0.3) is 11.5 Å². The second kappa shape index (κ2) is 9.72. The highest BCUT2D eigenvalue weighted by Gasteiger charge is 2.31. The summed E-state index contributed by atoms with van der Waals surface area (Å²) in [6, 6.07) is 3.72. The molecule has 2 aromatic heterocycles. The summed E-state index contributed by atoms with van der Waals surface area (Å²) in [6.07, 6.45) is 4.29. The van der Waals surface area contributed by atoms with Crippen molar-refractivity contribution >= 4 is 51.7 Å². The van der Waals surface area contributed by atoms with E-state index in [1.807, 2.05) is 39.8 Å². The van der Waals surface area contributed by atoms with Crippen molar-refractivity contribution in [3.05, 3.63) is 44.7 Å². The van der Waals surface area contributed by atoms with Crippen LogP contribution in [0.2, 0.25) is 0 Å². The molecule has 0 atom stereocenters. The summed E-state index contributed by atoms with van der Waals surface area (Å²) in [5.74, 6) is 0.271. The highest BCUT2D eigenvalue weighted by atomic mass is 32.2. The third-order valence-electron chi connectivity index (χ3n) is 4.54. The number of likely N-dealkylation sites (N-methyl/N-ethyl adjacent to an activating group) is 1. The largest absolute Gasteiger partial charge is 0.379 e. The molecule has 160 valence electrons. The third kappa shape index (κ3) is 4.91.